The molecular weight excluding hydrogens is 409 g/mol. The van der Waals surface area contributed by atoms with Gasteiger partial charge in [0.2, 0.25) is 6.29 Å². The standard InChI is InChI=1S/C21H43NO6P.H2O/c1-5-6-7-8-9-10-11-12-13-14-15-16-21(25)28-29(26)27-19(17-20(23)24)18-22(2,3)4;/h19,21,25H,5-18H2,1-4H3;1H2/q+1;/t19?,21-;/m1./s1. The van der Waals surface area contributed by atoms with Gasteiger partial charge in [-0.25, -0.2) is 0 Å². The molecule has 0 aromatic heterocycles. The van der Waals surface area contributed by atoms with Crippen LogP contribution in [0.5, 0.6) is 0 Å². The van der Waals surface area contributed by atoms with Crippen LogP contribution in [-0.2, 0) is 18.4 Å². The monoisotopic (exact) mass is 454 g/mol. The van der Waals surface area contributed by atoms with Gasteiger partial charge in [-0.1, -0.05) is 75.7 Å². The summed E-state index contributed by atoms with van der Waals surface area (Å²) in [5.74, 6) is -1.02. The van der Waals surface area contributed by atoms with Gasteiger partial charge in [0, 0.05) is 11.0 Å². The number of hydrogen-bond donors (Lipinski definition) is 2. The lowest BCUT2D eigenvalue weighted by molar-refractivity contribution is -0.873. The van der Waals surface area contributed by atoms with Gasteiger partial charge >= 0.3 is 14.2 Å². The molecule has 0 spiro atoms. The fourth-order valence-corrected chi connectivity index (χ4v) is 3.96. The van der Waals surface area contributed by atoms with Crippen LogP contribution in [0.2, 0.25) is 0 Å². The Labute approximate surface area is 183 Å². The maximum Gasteiger partial charge on any atom is 0.700 e. The molecule has 0 bridgehead atoms. The Bertz CT molecular complexity index is 444. The summed E-state index contributed by atoms with van der Waals surface area (Å²) >= 11 is 0. The molecule has 3 atom stereocenters. The van der Waals surface area contributed by atoms with E-state index in [0.717, 1.165) is 19.3 Å². The van der Waals surface area contributed by atoms with Gasteiger partial charge in [0.1, 0.15) is 6.54 Å². The van der Waals surface area contributed by atoms with Crippen LogP contribution in [0.4, 0.5) is 0 Å². The predicted molar refractivity (Wildman–Crippen MR) is 118 cm³/mol. The average molecular weight is 455 g/mol. The molecule has 0 aliphatic carbocycles. The van der Waals surface area contributed by atoms with Crippen molar-refractivity contribution < 1.29 is 38.6 Å². The van der Waals surface area contributed by atoms with E-state index in [1.54, 1.807) is 0 Å². The van der Waals surface area contributed by atoms with Crippen molar-refractivity contribution in [3.8, 4) is 0 Å². The van der Waals surface area contributed by atoms with Crippen LogP contribution in [0.3, 0.4) is 0 Å². The Morgan fingerprint density at radius 1 is 0.900 bits per heavy atom. The van der Waals surface area contributed by atoms with Crippen LogP contribution in [-0.4, -0.2) is 66.2 Å². The zero-order valence-electron chi connectivity index (χ0n) is 19.4. The van der Waals surface area contributed by atoms with Crippen LogP contribution in [0, 0.1) is 0 Å². The van der Waals surface area contributed by atoms with Gasteiger partial charge in [0.25, 0.3) is 0 Å². The molecule has 0 radical (unpaired) electrons. The number of hydrogen-bond acceptors (Lipinski definition) is 6. The first-order chi connectivity index (χ1) is 13.6. The van der Waals surface area contributed by atoms with E-state index in [1.807, 2.05) is 21.1 Å². The summed E-state index contributed by atoms with van der Waals surface area (Å²) in [6, 6.07) is 0. The predicted octanol–water partition coefficient (Wildman–Crippen LogP) is 5.07. The molecular formula is C21H45NO7P+. The molecule has 0 saturated carbocycles. The highest BCUT2D eigenvalue weighted by molar-refractivity contribution is 7.33. The summed E-state index contributed by atoms with van der Waals surface area (Å²) < 4.78 is 22.7. The highest BCUT2D eigenvalue weighted by atomic mass is 31.1. The molecule has 30 heavy (non-hydrogen) atoms. The van der Waals surface area contributed by atoms with Gasteiger partial charge in [-0.15, -0.1) is 4.52 Å². The lowest BCUT2D eigenvalue weighted by atomic mass is 10.1. The molecule has 0 aliphatic rings. The van der Waals surface area contributed by atoms with Gasteiger partial charge < -0.3 is 20.2 Å². The molecule has 3 N–H and O–H groups in total. The zero-order valence-corrected chi connectivity index (χ0v) is 20.3. The third-order valence-corrected chi connectivity index (χ3v) is 5.54. The number of rotatable bonds is 20. The number of carboxylic acids is 1. The number of nitrogens with zero attached hydrogens (tertiary/aromatic N) is 1. The first-order valence-electron chi connectivity index (χ1n) is 11.1. The van der Waals surface area contributed by atoms with E-state index >= 15 is 0 Å². The minimum Gasteiger partial charge on any atom is -0.870 e. The molecule has 0 amide bonds. The summed E-state index contributed by atoms with van der Waals surface area (Å²) in [6.07, 6.45) is 11.7. The van der Waals surface area contributed by atoms with Crippen molar-refractivity contribution in [2.75, 3.05) is 27.7 Å². The zero-order chi connectivity index (χ0) is 22.1. The van der Waals surface area contributed by atoms with E-state index in [4.69, 9.17) is 14.2 Å². The van der Waals surface area contributed by atoms with E-state index in [-0.39, 0.29) is 11.9 Å². The van der Waals surface area contributed by atoms with Crippen molar-refractivity contribution in [3.05, 3.63) is 0 Å². The Morgan fingerprint density at radius 3 is 1.80 bits per heavy atom. The number of aliphatic hydroxyl groups excluding tert-OH is 1. The van der Waals surface area contributed by atoms with Gasteiger partial charge in [0.15, 0.2) is 6.10 Å². The Hall–Kier alpha value is -0.630. The molecule has 0 saturated heterocycles. The second kappa shape index (κ2) is 19.1. The summed E-state index contributed by atoms with van der Waals surface area (Å²) in [5, 5.41) is 18.9. The van der Waals surface area contributed by atoms with Crippen LogP contribution >= 0.6 is 8.25 Å². The molecule has 0 heterocycles. The molecule has 0 fully saturated rings. The van der Waals surface area contributed by atoms with Crippen LogP contribution < -0.4 is 0 Å². The van der Waals surface area contributed by atoms with Crippen molar-refractivity contribution in [1.29, 1.82) is 0 Å². The van der Waals surface area contributed by atoms with Gasteiger partial charge in [-0.3, -0.25) is 4.79 Å². The second-order valence-electron chi connectivity index (χ2n) is 8.91. The molecule has 0 aromatic carbocycles. The average Bonchev–Trinajstić information content (AvgIpc) is 2.57. The first kappa shape index (κ1) is 31.6. The Kier molecular flexibility index (Phi) is 20.1. The number of quaternary nitrogens is 1. The maximum atomic E-state index is 12.0. The maximum absolute atomic E-state index is 12.0. The van der Waals surface area contributed by atoms with Gasteiger partial charge in [-0.05, 0) is 6.42 Å². The topological polar surface area (TPSA) is 123 Å². The smallest absolute Gasteiger partial charge is 0.700 e. The number of carbonyl (C=O) groups is 1. The van der Waals surface area contributed by atoms with Gasteiger partial charge in [-0.2, -0.15) is 0 Å². The summed E-state index contributed by atoms with van der Waals surface area (Å²) in [6.45, 7) is 2.61. The summed E-state index contributed by atoms with van der Waals surface area (Å²) in [4.78, 5) is 11.0. The van der Waals surface area contributed by atoms with Crippen molar-refractivity contribution in [2.45, 2.75) is 103 Å². The SMILES string of the molecule is CCCCCCCCCCCCC[C@H](O)O[P+](=O)OC(CC(=O)O)C[N+](C)(C)C.[OH-]. The third kappa shape index (κ3) is 22.1. The number of carboxylic acid groups (broad SMARTS) is 1. The number of likely N-dealkylation sites (N-methyl/N-ethyl adjacent to an activating group) is 1. The van der Waals surface area contributed by atoms with Crippen molar-refractivity contribution in [3.63, 3.8) is 0 Å². The highest BCUT2D eigenvalue weighted by Crippen LogP contribution is 2.30. The molecule has 0 aromatic rings. The number of aliphatic carboxylic acids is 1. The summed E-state index contributed by atoms with van der Waals surface area (Å²) in [7, 11) is 3.13. The second-order valence-corrected chi connectivity index (χ2v) is 9.77. The van der Waals surface area contributed by atoms with E-state index in [2.05, 4.69) is 6.92 Å². The molecule has 9 heteroatoms. The molecule has 180 valence electrons. The van der Waals surface area contributed by atoms with E-state index in [9.17, 15) is 14.5 Å². The van der Waals surface area contributed by atoms with Gasteiger partial charge in [0.05, 0.1) is 27.6 Å². The number of unbranched alkanes of at least 4 members (excludes halogenated alkanes) is 10. The van der Waals surface area contributed by atoms with E-state index in [1.165, 1.54) is 51.4 Å². The minimum atomic E-state index is -2.56. The van der Waals surface area contributed by atoms with Crippen molar-refractivity contribution in [2.24, 2.45) is 0 Å². The summed E-state index contributed by atoms with van der Waals surface area (Å²) in [5.41, 5.74) is 0. The molecule has 2 unspecified atom stereocenters. The quantitative estimate of drug-likeness (QED) is 0.114. The van der Waals surface area contributed by atoms with Crippen molar-refractivity contribution in [1.82, 2.24) is 0 Å². The fourth-order valence-electron chi connectivity index (χ4n) is 3.22. The van der Waals surface area contributed by atoms with E-state index in [0.29, 0.717) is 17.4 Å². The molecule has 0 rings (SSSR count). The Morgan fingerprint density at radius 2 is 1.37 bits per heavy atom. The third-order valence-electron chi connectivity index (χ3n) is 4.65. The molecule has 0 aliphatic heterocycles. The largest absolute Gasteiger partial charge is 0.870 e. The molecule has 8 nitrogen and oxygen atoms in total. The number of aliphatic hydroxyl groups is 1. The van der Waals surface area contributed by atoms with Crippen LogP contribution in [0.15, 0.2) is 0 Å². The lowest BCUT2D eigenvalue weighted by Crippen LogP contribution is -2.42. The first-order valence-corrected chi connectivity index (χ1v) is 12.2. The minimum absolute atomic E-state index is 0. The van der Waals surface area contributed by atoms with Crippen molar-refractivity contribution >= 4 is 14.2 Å². The fraction of sp³-hybridized carbons (Fsp3) is 0.952. The normalized spacial score (nSPS) is 14.1. The van der Waals surface area contributed by atoms with E-state index < -0.39 is 26.6 Å². The van der Waals surface area contributed by atoms with Crippen LogP contribution in [0.1, 0.15) is 90.4 Å². The Balaban J connectivity index is 0. The highest BCUT2D eigenvalue weighted by Gasteiger charge is 2.35. The van der Waals surface area contributed by atoms with Crippen LogP contribution in [0.25, 0.3) is 0 Å². The lowest BCUT2D eigenvalue weighted by Gasteiger charge is -2.25.